The number of rotatable bonds is 4. The van der Waals surface area contributed by atoms with E-state index in [2.05, 4.69) is 15.3 Å². The molecule has 0 spiro atoms. The van der Waals surface area contributed by atoms with E-state index in [4.69, 9.17) is 9.84 Å². The van der Waals surface area contributed by atoms with Gasteiger partial charge < -0.3 is 20.1 Å². The molecule has 3 heterocycles. The number of carboxylic acid groups (broad SMARTS) is 1. The second-order valence-corrected chi connectivity index (χ2v) is 8.84. The number of carbonyl (C=O) groups is 2. The van der Waals surface area contributed by atoms with Crippen LogP contribution in [0.4, 0.5) is 28.4 Å². The van der Waals surface area contributed by atoms with Crippen molar-refractivity contribution >= 4 is 28.7 Å². The largest absolute Gasteiger partial charge is 0.465 e. The standard InChI is InChI=1S/C26H22F3N5O4/c27-26(28,29)18-2-1-3-19(13-18)32-24(35)34-11-8-17-12-20(4-5-22(17)34)38-23-14-21(30-15-31-23)16-6-9-33(10-7-16)25(36)37/h1-5,8,11-16H,6-7,9-10H2,(H,32,35)(H,36,37). The summed E-state index contributed by atoms with van der Waals surface area (Å²) < 4.78 is 46.2. The average Bonchev–Trinajstić information content (AvgIpc) is 3.32. The third-order valence-corrected chi connectivity index (χ3v) is 6.39. The smallest absolute Gasteiger partial charge is 0.416 e. The number of nitrogens with zero attached hydrogens (tertiary/aromatic N) is 4. The van der Waals surface area contributed by atoms with Crippen LogP contribution in [0.3, 0.4) is 0 Å². The molecule has 2 aromatic heterocycles. The number of hydrogen-bond acceptors (Lipinski definition) is 5. The van der Waals surface area contributed by atoms with Gasteiger partial charge in [0.25, 0.3) is 0 Å². The van der Waals surface area contributed by atoms with Gasteiger partial charge in [0.2, 0.25) is 5.88 Å². The molecule has 38 heavy (non-hydrogen) atoms. The Morgan fingerprint density at radius 2 is 1.82 bits per heavy atom. The van der Waals surface area contributed by atoms with Crippen LogP contribution in [0.1, 0.15) is 30.0 Å². The molecule has 4 aromatic rings. The Bertz CT molecular complexity index is 1500. The molecule has 1 saturated heterocycles. The Balaban J connectivity index is 1.28. The van der Waals surface area contributed by atoms with Crippen molar-refractivity contribution in [2.45, 2.75) is 24.9 Å². The number of hydrogen-bond donors (Lipinski definition) is 2. The normalized spacial score (nSPS) is 14.4. The van der Waals surface area contributed by atoms with Crippen LogP contribution >= 0.6 is 0 Å². The Kier molecular flexibility index (Phi) is 6.62. The first-order valence-electron chi connectivity index (χ1n) is 11.7. The van der Waals surface area contributed by atoms with Gasteiger partial charge in [-0.3, -0.25) is 4.57 Å². The molecule has 12 heteroatoms. The molecule has 1 aliphatic heterocycles. The fraction of sp³-hybridized carbons (Fsp3) is 0.231. The summed E-state index contributed by atoms with van der Waals surface area (Å²) in [6, 6.07) is 12.3. The first-order chi connectivity index (χ1) is 18.2. The highest BCUT2D eigenvalue weighted by molar-refractivity contribution is 5.98. The number of halogens is 3. The number of fused-ring (bicyclic) bond motifs is 1. The molecule has 0 bridgehead atoms. The van der Waals surface area contributed by atoms with Crippen molar-refractivity contribution < 1.29 is 32.6 Å². The average molecular weight is 525 g/mol. The maximum atomic E-state index is 13.0. The van der Waals surface area contributed by atoms with Gasteiger partial charge in [-0.15, -0.1) is 0 Å². The van der Waals surface area contributed by atoms with Gasteiger partial charge >= 0.3 is 18.3 Å². The number of carbonyl (C=O) groups excluding carboxylic acids is 1. The van der Waals surface area contributed by atoms with Gasteiger partial charge in [-0.2, -0.15) is 13.2 Å². The summed E-state index contributed by atoms with van der Waals surface area (Å²) in [5, 5.41) is 12.3. The van der Waals surface area contributed by atoms with Gasteiger partial charge in [0, 0.05) is 42.3 Å². The minimum atomic E-state index is -4.51. The van der Waals surface area contributed by atoms with Crippen LogP contribution in [0.25, 0.3) is 10.9 Å². The van der Waals surface area contributed by atoms with E-state index in [1.54, 1.807) is 30.3 Å². The fourth-order valence-electron chi connectivity index (χ4n) is 4.44. The number of alkyl halides is 3. The fourth-order valence-corrected chi connectivity index (χ4v) is 4.44. The van der Waals surface area contributed by atoms with Gasteiger partial charge in [0.1, 0.15) is 12.1 Å². The molecule has 0 atom stereocenters. The van der Waals surface area contributed by atoms with Gasteiger partial charge in [0.05, 0.1) is 16.8 Å². The van der Waals surface area contributed by atoms with Crippen LogP contribution in [0, 0.1) is 0 Å². The van der Waals surface area contributed by atoms with Crippen LogP contribution in [0.5, 0.6) is 11.6 Å². The Labute approximate surface area is 214 Å². The van der Waals surface area contributed by atoms with E-state index in [1.807, 2.05) is 0 Å². The lowest BCUT2D eigenvalue weighted by Gasteiger charge is -2.29. The zero-order valence-electron chi connectivity index (χ0n) is 19.9. The molecule has 2 N–H and O–H groups in total. The summed E-state index contributed by atoms with van der Waals surface area (Å²) in [5.41, 5.74) is 0.488. The summed E-state index contributed by atoms with van der Waals surface area (Å²) in [7, 11) is 0. The van der Waals surface area contributed by atoms with E-state index in [-0.39, 0.29) is 11.6 Å². The monoisotopic (exact) mass is 525 g/mol. The summed E-state index contributed by atoms with van der Waals surface area (Å²) in [4.78, 5) is 33.8. The molecule has 196 valence electrons. The molecule has 1 fully saturated rings. The predicted octanol–water partition coefficient (Wildman–Crippen LogP) is 6.18. The number of nitrogens with one attached hydrogen (secondary N) is 1. The van der Waals surface area contributed by atoms with Crippen molar-refractivity contribution in [2.24, 2.45) is 0 Å². The van der Waals surface area contributed by atoms with E-state index in [0.717, 1.165) is 17.8 Å². The topological polar surface area (TPSA) is 110 Å². The van der Waals surface area contributed by atoms with E-state index in [0.29, 0.717) is 48.5 Å². The van der Waals surface area contributed by atoms with Crippen LogP contribution < -0.4 is 10.1 Å². The van der Waals surface area contributed by atoms with Crippen molar-refractivity contribution in [2.75, 3.05) is 18.4 Å². The van der Waals surface area contributed by atoms with Crippen LogP contribution in [-0.4, -0.2) is 49.8 Å². The number of ether oxygens (including phenoxy) is 1. The maximum absolute atomic E-state index is 13.0. The van der Waals surface area contributed by atoms with E-state index in [9.17, 15) is 22.8 Å². The number of benzene rings is 2. The van der Waals surface area contributed by atoms with E-state index in [1.165, 1.54) is 34.1 Å². The van der Waals surface area contributed by atoms with Crippen molar-refractivity contribution in [1.82, 2.24) is 19.4 Å². The molecule has 0 unspecified atom stereocenters. The van der Waals surface area contributed by atoms with Crippen molar-refractivity contribution in [3.05, 3.63) is 78.4 Å². The first kappa shape index (κ1) is 25.1. The SMILES string of the molecule is O=C(O)N1CCC(c2cc(Oc3ccc4c(ccn4C(=O)Nc4cccc(C(F)(F)F)c4)c3)ncn2)CC1. The molecular weight excluding hydrogens is 503 g/mol. The minimum absolute atomic E-state index is 0.0276. The molecule has 0 saturated carbocycles. The molecule has 1 aliphatic rings. The lowest BCUT2D eigenvalue weighted by atomic mass is 9.93. The quantitative estimate of drug-likeness (QED) is 0.329. The van der Waals surface area contributed by atoms with E-state index < -0.39 is 23.9 Å². The Hall–Kier alpha value is -4.61. The highest BCUT2D eigenvalue weighted by Crippen LogP contribution is 2.32. The molecule has 5 rings (SSSR count). The summed E-state index contributed by atoms with van der Waals surface area (Å²) >= 11 is 0. The lowest BCUT2D eigenvalue weighted by molar-refractivity contribution is -0.137. The third kappa shape index (κ3) is 5.38. The second-order valence-electron chi connectivity index (χ2n) is 8.84. The van der Waals surface area contributed by atoms with E-state index >= 15 is 0 Å². The van der Waals surface area contributed by atoms with Crippen molar-refractivity contribution in [1.29, 1.82) is 0 Å². The summed E-state index contributed by atoms with van der Waals surface area (Å²) in [6.07, 6.45) is -1.20. The van der Waals surface area contributed by atoms with Gasteiger partial charge in [-0.05, 0) is 55.3 Å². The molecule has 2 amide bonds. The van der Waals surface area contributed by atoms with Gasteiger partial charge in [0.15, 0.2) is 0 Å². The first-order valence-corrected chi connectivity index (χ1v) is 11.7. The minimum Gasteiger partial charge on any atom is -0.465 e. The zero-order chi connectivity index (χ0) is 26.9. The number of likely N-dealkylation sites (tertiary alicyclic amines) is 1. The predicted molar refractivity (Wildman–Crippen MR) is 131 cm³/mol. The highest BCUT2D eigenvalue weighted by atomic mass is 19.4. The summed E-state index contributed by atoms with van der Waals surface area (Å²) in [6.45, 7) is 0.879. The van der Waals surface area contributed by atoms with Crippen LogP contribution in [0.15, 0.2) is 67.1 Å². The number of anilines is 1. The Morgan fingerprint density at radius 1 is 1.03 bits per heavy atom. The molecule has 0 aliphatic carbocycles. The molecular formula is C26H22F3N5O4. The zero-order valence-corrected chi connectivity index (χ0v) is 19.9. The van der Waals surface area contributed by atoms with Gasteiger partial charge in [-0.1, -0.05) is 6.07 Å². The van der Waals surface area contributed by atoms with Crippen LogP contribution in [0.2, 0.25) is 0 Å². The summed E-state index contributed by atoms with van der Waals surface area (Å²) in [5.74, 6) is 0.901. The van der Waals surface area contributed by atoms with Crippen LogP contribution in [-0.2, 0) is 6.18 Å². The van der Waals surface area contributed by atoms with Crippen molar-refractivity contribution in [3.8, 4) is 11.6 Å². The van der Waals surface area contributed by atoms with Gasteiger partial charge in [-0.25, -0.2) is 19.6 Å². The highest BCUT2D eigenvalue weighted by Gasteiger charge is 2.30. The Morgan fingerprint density at radius 3 is 2.55 bits per heavy atom. The second kappa shape index (κ2) is 10.0. The maximum Gasteiger partial charge on any atom is 0.416 e. The molecule has 9 nitrogen and oxygen atoms in total. The lowest BCUT2D eigenvalue weighted by Crippen LogP contribution is -2.36. The third-order valence-electron chi connectivity index (χ3n) is 6.39. The van der Waals surface area contributed by atoms with Crippen molar-refractivity contribution in [3.63, 3.8) is 0 Å². The molecule has 2 aromatic carbocycles. The number of amides is 2. The molecule has 0 radical (unpaired) electrons. The number of piperidine rings is 1. The number of aromatic nitrogens is 3.